The number of nitrogens with zero attached hydrogens (tertiary/aromatic N) is 8. The van der Waals surface area contributed by atoms with Crippen molar-refractivity contribution in [3.05, 3.63) is 286 Å². The van der Waals surface area contributed by atoms with E-state index in [1.165, 1.54) is 10.7 Å². The standard InChI is InChI=1S/4C12H8N2.3C6H5.2CH2O2.ClH.2Na.Sn/c4*1-3-9-5-6-10-4-2-8-14-12(10)11(9)13-7-1;3*1-2-4-6-5-3-1;2*2-1-3;;;;/h4*1-8H;3*1-5H;2*1H,(H,2,3);1H;;;/q;;;;;;;;;;3*+1/p-3. The van der Waals surface area contributed by atoms with Gasteiger partial charge in [0.25, 0.3) is 0 Å². The first-order valence-electron chi connectivity index (χ1n) is 25.6. The Morgan fingerprint density at radius 1 is 0.238 bits per heavy atom. The smallest absolute Gasteiger partial charge is 0.0964 e. The third kappa shape index (κ3) is 17.0. The van der Waals surface area contributed by atoms with Crippen LogP contribution in [0.2, 0.25) is 0 Å². The molecule has 0 saturated heterocycles. The van der Waals surface area contributed by atoms with Gasteiger partial charge in [-0.2, -0.15) is 0 Å². The predicted octanol–water partition coefficient (Wildman–Crippen LogP) is 1.08. The summed E-state index contributed by atoms with van der Waals surface area (Å²) in [5.74, 6) is 0. The van der Waals surface area contributed by atoms with Crippen LogP contribution in [0.25, 0.3) is 87.2 Å². The summed E-state index contributed by atoms with van der Waals surface area (Å²) >= 11 is -1.98. The molecule has 0 aliphatic carbocycles. The molecule has 0 bridgehead atoms. The van der Waals surface area contributed by atoms with Gasteiger partial charge in [0.15, 0.2) is 0 Å². The predicted molar refractivity (Wildman–Crippen MR) is 324 cm³/mol. The number of halogens is 1. The number of hydrogen-bond donors (Lipinski definition) is 0. The molecule has 0 aliphatic heterocycles. The number of rotatable bonds is 3. The molecule has 12 nitrogen and oxygen atoms in total. The molecule has 0 fully saturated rings. The fourth-order valence-corrected chi connectivity index (χ4v) is 16.4. The quantitative estimate of drug-likeness (QED) is 0.140. The molecule has 0 saturated carbocycles. The molecular formula is C68H49ClN8Na2O4Sn. The van der Waals surface area contributed by atoms with Crippen molar-refractivity contribution in [2.24, 2.45) is 0 Å². The maximum atomic E-state index is 8.25. The molecule has 398 valence electrons. The molecule has 0 N–H and O–H groups in total. The average Bonchev–Trinajstić information content (AvgIpc) is 3.75. The molecule has 0 aliphatic rings. The van der Waals surface area contributed by atoms with Gasteiger partial charge in [-0.25, -0.2) is 0 Å². The van der Waals surface area contributed by atoms with E-state index >= 15 is 0 Å². The first-order valence-corrected chi connectivity index (χ1v) is 29.8. The van der Waals surface area contributed by atoms with Crippen molar-refractivity contribution < 1.29 is 91.3 Å². The topological polar surface area (TPSA) is 183 Å². The maximum absolute atomic E-state index is 8.25. The van der Waals surface area contributed by atoms with E-state index in [-0.39, 0.29) is 71.5 Å². The number of carboxylic acid groups (broad SMARTS) is 2. The molecule has 0 radical (unpaired) electrons. The van der Waals surface area contributed by atoms with Crippen molar-refractivity contribution in [2.75, 3.05) is 0 Å². The summed E-state index contributed by atoms with van der Waals surface area (Å²) in [6.07, 6.45) is 14.4. The van der Waals surface area contributed by atoms with E-state index in [0.29, 0.717) is 0 Å². The Kier molecular flexibility index (Phi) is 26.7. The van der Waals surface area contributed by atoms with Gasteiger partial charge in [0.05, 0.1) is 44.1 Å². The Balaban J connectivity index is 0.000000164. The second kappa shape index (κ2) is 34.5. The Hall–Kier alpha value is -8.15. The number of aromatic nitrogens is 8. The van der Waals surface area contributed by atoms with Crippen LogP contribution >= 0.6 is 0 Å². The minimum Gasteiger partial charge on any atom is -0.254 e. The van der Waals surface area contributed by atoms with E-state index in [1.54, 1.807) is 49.6 Å². The van der Waals surface area contributed by atoms with Gasteiger partial charge in [-0.15, -0.1) is 0 Å². The van der Waals surface area contributed by atoms with Gasteiger partial charge < -0.3 is 32.2 Å². The molecule has 15 rings (SSSR count). The number of carbonyl (C=O) groups excluding carboxylic acids is 2. The summed E-state index contributed by atoms with van der Waals surface area (Å²) in [7, 11) is 0. The number of carbonyl (C=O) groups is 2. The number of pyridine rings is 8. The zero-order valence-electron chi connectivity index (χ0n) is 45.9. The minimum absolute atomic E-state index is 0. The fourth-order valence-electron chi connectivity index (χ4n) is 9.03. The van der Waals surface area contributed by atoms with Crippen LogP contribution in [0.4, 0.5) is 0 Å². The van der Waals surface area contributed by atoms with Crippen LogP contribution in [0.5, 0.6) is 0 Å². The molecule has 7 aromatic carbocycles. The average molecular weight is 1240 g/mol. The van der Waals surface area contributed by atoms with Crippen molar-refractivity contribution in [2.45, 2.75) is 0 Å². The molecule has 84 heavy (non-hydrogen) atoms. The first-order chi connectivity index (χ1) is 40.1. The Morgan fingerprint density at radius 3 is 0.524 bits per heavy atom. The van der Waals surface area contributed by atoms with Crippen LogP contribution in [0.15, 0.2) is 286 Å². The molecule has 16 heteroatoms. The summed E-state index contributed by atoms with van der Waals surface area (Å²) in [5, 5.41) is 25.6. The molecule has 8 aromatic heterocycles. The van der Waals surface area contributed by atoms with Gasteiger partial charge in [0.2, 0.25) is 0 Å². The van der Waals surface area contributed by atoms with Gasteiger partial charge in [0, 0.05) is 106 Å². The van der Waals surface area contributed by atoms with Crippen molar-refractivity contribution in [3.8, 4) is 0 Å². The summed E-state index contributed by atoms with van der Waals surface area (Å²) < 4.78 is 4.59. The van der Waals surface area contributed by atoms with Crippen LogP contribution in [-0.4, -0.2) is 72.6 Å². The fraction of sp³-hybridized carbons (Fsp3) is 0. The Bertz CT molecular complexity index is 3730. The van der Waals surface area contributed by atoms with Gasteiger partial charge >= 0.3 is 181 Å². The second-order valence-electron chi connectivity index (χ2n) is 17.5. The largest absolute Gasteiger partial charge is 0.254 e. The molecule has 0 unspecified atom stereocenters. The van der Waals surface area contributed by atoms with Crippen molar-refractivity contribution in [1.82, 2.24) is 39.9 Å². The third-order valence-electron chi connectivity index (χ3n) is 12.6. The summed E-state index contributed by atoms with van der Waals surface area (Å²) in [4.78, 5) is 51.3. The van der Waals surface area contributed by atoms with E-state index in [4.69, 9.17) is 19.8 Å². The summed E-state index contributed by atoms with van der Waals surface area (Å²) in [6, 6.07) is 81.5. The summed E-state index contributed by atoms with van der Waals surface area (Å²) in [6.45, 7) is -1.00. The number of fused-ring (bicyclic) bond motifs is 12. The molecular weight excluding hydrogens is 1190 g/mol. The Morgan fingerprint density at radius 2 is 0.381 bits per heavy atom. The van der Waals surface area contributed by atoms with E-state index in [9.17, 15) is 0 Å². The van der Waals surface area contributed by atoms with Gasteiger partial charge in [-0.05, 0) is 48.5 Å². The normalized spacial score (nSPS) is 9.81. The number of hydrogen-bond acceptors (Lipinski definition) is 12. The van der Waals surface area contributed by atoms with Crippen molar-refractivity contribution in [1.29, 1.82) is 0 Å². The molecule has 0 spiro atoms. The van der Waals surface area contributed by atoms with Crippen LogP contribution in [-0.2, 0) is 9.59 Å². The van der Waals surface area contributed by atoms with Gasteiger partial charge in [-0.1, -0.05) is 97.1 Å². The van der Waals surface area contributed by atoms with Crippen LogP contribution < -0.4 is 92.5 Å². The molecule has 8 heterocycles. The second-order valence-corrected chi connectivity index (χ2v) is 24.6. The minimum atomic E-state index is -1.98. The van der Waals surface area contributed by atoms with E-state index in [0.717, 1.165) is 87.2 Å². The van der Waals surface area contributed by atoms with Gasteiger partial charge in [0.1, 0.15) is 0 Å². The van der Waals surface area contributed by atoms with Gasteiger partial charge in [-0.3, -0.25) is 39.9 Å². The Labute approximate surface area is 542 Å². The van der Waals surface area contributed by atoms with Crippen LogP contribution in [0, 0.1) is 0 Å². The monoisotopic (exact) mass is 1240 g/mol. The van der Waals surface area contributed by atoms with Crippen LogP contribution in [0.3, 0.4) is 0 Å². The molecule has 15 aromatic rings. The van der Waals surface area contributed by atoms with E-state index in [1.807, 2.05) is 48.5 Å². The number of benzene rings is 7. The zero-order chi connectivity index (χ0) is 55.9. The van der Waals surface area contributed by atoms with Crippen molar-refractivity contribution in [3.63, 3.8) is 0 Å². The van der Waals surface area contributed by atoms with Crippen molar-refractivity contribution >= 4 is 131 Å². The zero-order valence-corrected chi connectivity index (χ0v) is 53.5. The third-order valence-corrected chi connectivity index (χ3v) is 20.4. The molecule has 0 amide bonds. The van der Waals surface area contributed by atoms with E-state index < -0.39 is 32.7 Å². The SMILES string of the molecule is O=C[O-].O=C[O-].[Cl-].[Na+].[Na+].c1cc[c]([Sn+]([c]2ccccc2)[c]2ccccc2)cc1.c1cnc2c(c1)ccc1cccnc12.c1cnc2c(c1)ccc1cccnc12.c1cnc2c(c1)ccc1cccnc12.c1cnc2c(c1)ccc1cccnc12. The molecule has 0 atom stereocenters. The van der Waals surface area contributed by atoms with E-state index in [2.05, 4.69) is 228 Å². The van der Waals surface area contributed by atoms with Crippen LogP contribution in [0.1, 0.15) is 0 Å². The maximum Gasteiger partial charge on any atom is 0.0964 e. The first kappa shape index (κ1) is 65.0. The summed E-state index contributed by atoms with van der Waals surface area (Å²) in [5.41, 5.74) is 7.82.